The molecule has 12 atom stereocenters. The molecule has 3 heterocycles. The number of nitrogens with one attached hydrogen (secondary N) is 8. The van der Waals surface area contributed by atoms with E-state index in [9.17, 15) is 48.6 Å². The Morgan fingerprint density at radius 2 is 0.809 bits per heavy atom. The first-order valence-corrected chi connectivity index (χ1v) is 24.5. The molecule has 0 unspecified atom stereocenters. The number of carbonyl (C=O) groups is 8. The molecule has 3 saturated heterocycles. The summed E-state index contributed by atoms with van der Waals surface area (Å²) in [5.74, 6) is -6.49. The molecule has 22 nitrogen and oxygen atoms in total. The van der Waals surface area contributed by atoms with Gasteiger partial charge in [0.2, 0.25) is 35.4 Å². The fraction of sp³-hybridized carbons (Fsp3) is 0.826. The molecule has 0 aromatic carbocycles. The monoisotopic (exact) mass is 967 g/mol. The molecular weight excluding hydrogens is 885 g/mol. The fourth-order valence-corrected chi connectivity index (χ4v) is 8.39. The highest BCUT2D eigenvalue weighted by Crippen LogP contribution is 2.22. The Kier molecular flexibility index (Phi) is 24.0. The third kappa shape index (κ3) is 18.1. The maximum absolute atomic E-state index is 13.9. The maximum atomic E-state index is 13.9. The van der Waals surface area contributed by atoms with E-state index in [1.807, 2.05) is 27.7 Å². The molecule has 388 valence electrons. The fourth-order valence-electron chi connectivity index (χ4n) is 8.39. The van der Waals surface area contributed by atoms with Crippen LogP contribution in [0.2, 0.25) is 0 Å². The van der Waals surface area contributed by atoms with Gasteiger partial charge in [0.25, 0.3) is 11.8 Å². The van der Waals surface area contributed by atoms with Crippen molar-refractivity contribution in [2.45, 2.75) is 192 Å². The van der Waals surface area contributed by atoms with Crippen LogP contribution in [0.25, 0.3) is 0 Å². The van der Waals surface area contributed by atoms with Gasteiger partial charge in [-0.15, -0.1) is 0 Å². The molecule has 3 aliphatic rings. The summed E-state index contributed by atoms with van der Waals surface area (Å²) < 4.78 is 12.0. The minimum absolute atomic E-state index is 0.0629. The number of amides is 8. The average molecular weight is 967 g/mol. The van der Waals surface area contributed by atoms with Gasteiger partial charge in [-0.05, 0) is 101 Å². The summed E-state index contributed by atoms with van der Waals surface area (Å²) in [5, 5.41) is 43.8. The van der Waals surface area contributed by atoms with Gasteiger partial charge < -0.3 is 73.7 Å². The first kappa shape index (κ1) is 57.8. The highest BCUT2D eigenvalue weighted by molar-refractivity contribution is 5.96. The van der Waals surface area contributed by atoms with Crippen LogP contribution in [0, 0.1) is 23.7 Å². The maximum Gasteiger partial charge on any atom is 0.252 e. The van der Waals surface area contributed by atoms with Crippen molar-refractivity contribution >= 4 is 47.3 Å². The molecule has 3 rings (SSSR count). The van der Waals surface area contributed by atoms with E-state index in [4.69, 9.17) is 20.9 Å². The second kappa shape index (κ2) is 28.3. The van der Waals surface area contributed by atoms with E-state index in [0.717, 1.165) is 0 Å². The number of ether oxygens (including phenoxy) is 2. The molecule has 14 N–H and O–H groups in total. The van der Waals surface area contributed by atoms with E-state index in [2.05, 4.69) is 42.5 Å². The molecule has 0 saturated carbocycles. The summed E-state index contributed by atoms with van der Waals surface area (Å²) in [6.45, 7) is 14.5. The van der Waals surface area contributed by atoms with Crippen molar-refractivity contribution in [2.24, 2.45) is 35.1 Å². The summed E-state index contributed by atoms with van der Waals surface area (Å²) in [7, 11) is 0. The Bertz CT molecular complexity index is 1580. The number of hydrogen-bond acceptors (Lipinski definition) is 14. The molecule has 3 aliphatic heterocycles. The van der Waals surface area contributed by atoms with E-state index in [1.54, 1.807) is 27.7 Å². The number of fused-ring (bicyclic) bond motifs is 4. The van der Waals surface area contributed by atoms with Crippen molar-refractivity contribution in [1.82, 2.24) is 42.5 Å². The zero-order valence-corrected chi connectivity index (χ0v) is 41.3. The molecule has 68 heavy (non-hydrogen) atoms. The van der Waals surface area contributed by atoms with E-state index >= 15 is 0 Å². The molecule has 0 radical (unpaired) electrons. The van der Waals surface area contributed by atoms with Crippen molar-refractivity contribution in [2.75, 3.05) is 26.2 Å². The lowest BCUT2D eigenvalue weighted by atomic mass is 9.97. The normalized spacial score (nSPS) is 31.8. The van der Waals surface area contributed by atoms with Gasteiger partial charge in [0, 0.05) is 13.1 Å². The topological polar surface area (TPSA) is 344 Å². The van der Waals surface area contributed by atoms with Gasteiger partial charge in [0.15, 0.2) is 12.2 Å². The second-order valence-electron chi connectivity index (χ2n) is 20.0. The van der Waals surface area contributed by atoms with E-state index < -0.39 is 132 Å². The molecule has 0 aromatic rings. The molecule has 22 heteroatoms. The highest BCUT2D eigenvalue weighted by Gasteiger charge is 2.41. The molecule has 0 aromatic heterocycles. The van der Waals surface area contributed by atoms with Gasteiger partial charge in [0.1, 0.15) is 36.3 Å². The van der Waals surface area contributed by atoms with Crippen molar-refractivity contribution in [3.63, 3.8) is 0 Å². The van der Waals surface area contributed by atoms with Crippen molar-refractivity contribution in [3.8, 4) is 0 Å². The Morgan fingerprint density at radius 3 is 1.12 bits per heavy atom. The second-order valence-corrected chi connectivity index (χ2v) is 20.0. The van der Waals surface area contributed by atoms with Gasteiger partial charge in [-0.3, -0.25) is 38.4 Å². The molecule has 4 bridgehead atoms. The molecular formula is C46H82N10O12. The van der Waals surface area contributed by atoms with Gasteiger partial charge in [-0.1, -0.05) is 55.4 Å². The minimum Gasteiger partial charge on any atom is -0.390 e. The molecule has 3 fully saturated rings. The van der Waals surface area contributed by atoms with Crippen molar-refractivity contribution in [1.29, 1.82) is 0 Å². The first-order chi connectivity index (χ1) is 32.1. The van der Waals surface area contributed by atoms with Gasteiger partial charge in [0.05, 0.1) is 24.4 Å². The lowest BCUT2D eigenvalue weighted by molar-refractivity contribution is -0.160. The quantitative estimate of drug-likeness (QED) is 0.0992. The Balaban J connectivity index is 2.01. The first-order valence-electron chi connectivity index (χ1n) is 24.5. The summed E-state index contributed by atoms with van der Waals surface area (Å²) in [6, 6.07) is -6.79. The van der Waals surface area contributed by atoms with Crippen LogP contribution < -0.4 is 54.0 Å². The summed E-state index contributed by atoms with van der Waals surface area (Å²) >= 11 is 0. The van der Waals surface area contributed by atoms with E-state index in [1.165, 1.54) is 0 Å². The van der Waals surface area contributed by atoms with Gasteiger partial charge in [-0.25, -0.2) is 0 Å². The van der Waals surface area contributed by atoms with Gasteiger partial charge >= 0.3 is 0 Å². The SMILES string of the molecule is CC(C)C[C@@H]1NC(=O)[C@@H](CCCN)NC(=O)[C@@H](C(C)C)NC(=O)[C@H]2O[C@H](CC[C@@H]2O)CNC(=O)[C@@H](CC(C)C)NC(=O)[C@@H](CCCN)NC(=O)[C@H](C(C)C)NC(=O)[C@H]2O[C@H](CC[C@@H]2O)CNC1=O. The third-order valence-electron chi connectivity index (χ3n) is 12.3. The average Bonchev–Trinajstić information content (AvgIpc) is 3.27. The standard InChI is InChI=1S/C46H82N10O12/c1-23(2)19-31-39(59)49-21-27-13-15-33(57)37(67-27)45(65)56-36(26(7)8)44(64)52-30(12-10-18-48)42(62)54-32(20-24(3)4)40(60)50-22-28-14-16-34(58)38(68-28)46(66)55-35(25(5)6)43(63)51-29(11-9-17-47)41(61)53-31/h23-38,57-58H,9-22,47-48H2,1-8H3,(H,49,59)(H,50,60)(H,51,63)(H,52,64)(H,53,61)(H,54,62)(H,55,66)(H,56,65)/t27-,28-,29-,30-,31-,32+,33+,34+,35+,36-,37+,38+/m1/s1. The largest absolute Gasteiger partial charge is 0.390 e. The van der Waals surface area contributed by atoms with Crippen molar-refractivity contribution in [3.05, 3.63) is 0 Å². The van der Waals surface area contributed by atoms with Crippen LogP contribution in [0.1, 0.15) is 120 Å². The zero-order chi connectivity index (χ0) is 50.8. The summed E-state index contributed by atoms with van der Waals surface area (Å²) in [5.41, 5.74) is 11.6. The Morgan fingerprint density at radius 1 is 0.471 bits per heavy atom. The number of rotatable bonds is 12. The van der Waals surface area contributed by atoms with Gasteiger partial charge in [-0.2, -0.15) is 0 Å². The van der Waals surface area contributed by atoms with E-state index in [0.29, 0.717) is 12.8 Å². The van der Waals surface area contributed by atoms with Crippen molar-refractivity contribution < 1.29 is 58.0 Å². The third-order valence-corrected chi connectivity index (χ3v) is 12.3. The molecule has 0 spiro atoms. The van der Waals surface area contributed by atoms with Crippen LogP contribution >= 0.6 is 0 Å². The predicted molar refractivity (Wildman–Crippen MR) is 251 cm³/mol. The van der Waals surface area contributed by atoms with Crippen LogP contribution in [-0.2, 0) is 47.8 Å². The Labute approximate surface area is 400 Å². The smallest absolute Gasteiger partial charge is 0.252 e. The zero-order valence-electron chi connectivity index (χ0n) is 41.3. The van der Waals surface area contributed by atoms with E-state index in [-0.39, 0.29) is 89.4 Å². The molecule has 8 amide bonds. The number of aliphatic hydroxyl groups excluding tert-OH is 2. The van der Waals surface area contributed by atoms with Crippen LogP contribution in [0.4, 0.5) is 0 Å². The van der Waals surface area contributed by atoms with Crippen LogP contribution in [0.15, 0.2) is 0 Å². The number of hydrogen-bond donors (Lipinski definition) is 12. The minimum atomic E-state index is -1.42. The molecule has 0 aliphatic carbocycles. The summed E-state index contributed by atoms with van der Waals surface area (Å²) in [4.78, 5) is 111. The highest BCUT2D eigenvalue weighted by atomic mass is 16.5. The Hall–Kier alpha value is -4.48. The van der Waals surface area contributed by atoms with Crippen LogP contribution in [-0.4, -0.2) is 157 Å². The summed E-state index contributed by atoms with van der Waals surface area (Å²) in [6.07, 6.45) is -4.69. The number of carbonyl (C=O) groups excluding carboxylic acids is 8. The van der Waals surface area contributed by atoms with Crippen LogP contribution in [0.3, 0.4) is 0 Å². The predicted octanol–water partition coefficient (Wildman–Crippen LogP) is -2.16. The lowest BCUT2D eigenvalue weighted by Gasteiger charge is -2.35. The lowest BCUT2D eigenvalue weighted by Crippen LogP contribution is -2.61. The number of aliphatic hydroxyl groups is 2. The number of nitrogens with two attached hydrogens (primary N) is 2. The van der Waals surface area contributed by atoms with Crippen LogP contribution in [0.5, 0.6) is 0 Å².